The van der Waals surface area contributed by atoms with Crippen LogP contribution in [0.4, 0.5) is 0 Å². The Morgan fingerprint density at radius 2 is 2.00 bits per heavy atom. The molecule has 1 aliphatic carbocycles. The average Bonchev–Trinajstić information content (AvgIpc) is 2.18. The molecule has 0 heterocycles. The molecule has 1 aromatic rings. The van der Waals surface area contributed by atoms with Gasteiger partial charge >= 0.3 is 0 Å². The monoisotopic (exact) mass is 190 g/mol. The number of fused-ring (bicyclic) bond motifs is 1. The van der Waals surface area contributed by atoms with Gasteiger partial charge < -0.3 is 0 Å². The molecule has 0 saturated carbocycles. The van der Waals surface area contributed by atoms with Crippen molar-refractivity contribution in [1.29, 1.82) is 0 Å². The number of terminal acetylenes is 1. The normalized spacial score (nSPS) is 14.8. The second-order valence-electron chi connectivity index (χ2n) is 3.45. The molecule has 0 atom stereocenters. The predicted octanol–water partition coefficient (Wildman–Crippen LogP) is 3.20. The summed E-state index contributed by atoms with van der Waals surface area (Å²) in [5.74, 6) is 2.63. The van der Waals surface area contributed by atoms with Crippen molar-refractivity contribution >= 4 is 11.6 Å². The molecule has 0 nitrogen and oxygen atoms in total. The molecule has 66 valence electrons. The molecule has 2 rings (SSSR count). The largest absolute Gasteiger partial charge is 0.115 e. The maximum atomic E-state index is 6.13. The van der Waals surface area contributed by atoms with Crippen LogP contribution in [0, 0.1) is 12.3 Å². The van der Waals surface area contributed by atoms with Gasteiger partial charge in [-0.3, -0.25) is 0 Å². The minimum absolute atomic E-state index is 0.852. The van der Waals surface area contributed by atoms with Crippen molar-refractivity contribution in [3.63, 3.8) is 0 Å². The summed E-state index contributed by atoms with van der Waals surface area (Å²) in [7, 11) is 0. The van der Waals surface area contributed by atoms with Crippen LogP contribution in [0.3, 0.4) is 0 Å². The topological polar surface area (TPSA) is 0 Å². The third kappa shape index (κ3) is 1.57. The van der Waals surface area contributed by atoms with Crippen LogP contribution >= 0.6 is 11.6 Å². The summed E-state index contributed by atoms with van der Waals surface area (Å²) in [6, 6.07) is 3.99. The van der Waals surface area contributed by atoms with Crippen molar-refractivity contribution in [2.45, 2.75) is 25.7 Å². The Morgan fingerprint density at radius 1 is 1.23 bits per heavy atom. The fourth-order valence-electron chi connectivity index (χ4n) is 1.90. The van der Waals surface area contributed by atoms with Crippen LogP contribution < -0.4 is 0 Å². The lowest BCUT2D eigenvalue weighted by Gasteiger charge is -2.17. The molecule has 0 unspecified atom stereocenters. The number of hydrogen-bond donors (Lipinski definition) is 0. The molecule has 1 aliphatic rings. The predicted molar refractivity (Wildman–Crippen MR) is 56.0 cm³/mol. The summed E-state index contributed by atoms with van der Waals surface area (Å²) in [4.78, 5) is 0. The van der Waals surface area contributed by atoms with Gasteiger partial charge in [0.05, 0.1) is 0 Å². The van der Waals surface area contributed by atoms with Gasteiger partial charge in [-0.15, -0.1) is 6.42 Å². The molecular formula is C12H11Cl. The van der Waals surface area contributed by atoms with Gasteiger partial charge in [-0.1, -0.05) is 17.5 Å². The van der Waals surface area contributed by atoms with E-state index in [1.165, 1.54) is 24.0 Å². The van der Waals surface area contributed by atoms with Gasteiger partial charge in [0.2, 0.25) is 0 Å². The highest BCUT2D eigenvalue weighted by Crippen LogP contribution is 2.28. The third-order valence-electron chi connectivity index (χ3n) is 2.58. The Kier molecular flexibility index (Phi) is 2.29. The minimum Gasteiger partial charge on any atom is -0.115 e. The summed E-state index contributed by atoms with van der Waals surface area (Å²) >= 11 is 6.13. The zero-order valence-corrected chi connectivity index (χ0v) is 8.19. The van der Waals surface area contributed by atoms with Crippen molar-refractivity contribution in [2.24, 2.45) is 0 Å². The van der Waals surface area contributed by atoms with Crippen LogP contribution in [-0.4, -0.2) is 0 Å². The van der Waals surface area contributed by atoms with Gasteiger partial charge in [-0.05, 0) is 48.9 Å². The van der Waals surface area contributed by atoms with E-state index in [1.807, 2.05) is 6.07 Å². The van der Waals surface area contributed by atoms with Gasteiger partial charge in [-0.2, -0.15) is 0 Å². The molecule has 0 aromatic heterocycles. The average molecular weight is 191 g/mol. The van der Waals surface area contributed by atoms with E-state index in [0.29, 0.717) is 0 Å². The molecule has 0 aliphatic heterocycles. The zero-order chi connectivity index (χ0) is 9.26. The first-order valence-electron chi connectivity index (χ1n) is 4.59. The van der Waals surface area contributed by atoms with Gasteiger partial charge in [0.1, 0.15) is 0 Å². The zero-order valence-electron chi connectivity index (χ0n) is 7.44. The van der Waals surface area contributed by atoms with Gasteiger partial charge in [0.15, 0.2) is 0 Å². The molecule has 1 aromatic carbocycles. The maximum Gasteiger partial charge on any atom is 0.0453 e. The second kappa shape index (κ2) is 3.44. The van der Waals surface area contributed by atoms with E-state index in [4.69, 9.17) is 18.0 Å². The summed E-state index contributed by atoms with van der Waals surface area (Å²) in [5.41, 5.74) is 3.57. The van der Waals surface area contributed by atoms with Gasteiger partial charge in [0.25, 0.3) is 0 Å². The first-order chi connectivity index (χ1) is 6.31. The lowest BCUT2D eigenvalue weighted by molar-refractivity contribution is 0.685. The van der Waals surface area contributed by atoms with Crippen molar-refractivity contribution in [3.05, 3.63) is 33.8 Å². The van der Waals surface area contributed by atoms with Crippen LogP contribution in [0.2, 0.25) is 5.02 Å². The number of benzene rings is 1. The Balaban J connectivity index is 2.54. The van der Waals surface area contributed by atoms with E-state index in [9.17, 15) is 0 Å². The van der Waals surface area contributed by atoms with Crippen LogP contribution in [0.25, 0.3) is 0 Å². The highest BCUT2D eigenvalue weighted by atomic mass is 35.5. The van der Waals surface area contributed by atoms with Crippen LogP contribution in [0.15, 0.2) is 12.1 Å². The smallest absolute Gasteiger partial charge is 0.0453 e. The fourth-order valence-corrected chi connectivity index (χ4v) is 2.23. The molecule has 0 N–H and O–H groups in total. The fraction of sp³-hybridized carbons (Fsp3) is 0.333. The van der Waals surface area contributed by atoms with Crippen molar-refractivity contribution in [1.82, 2.24) is 0 Å². The molecule has 0 bridgehead atoms. The van der Waals surface area contributed by atoms with Crippen LogP contribution in [0.1, 0.15) is 29.5 Å². The summed E-state index contributed by atoms with van der Waals surface area (Å²) in [5, 5.41) is 0.852. The standard InChI is InChI=1S/C12H11Cl/c1-2-9-7-10-5-3-4-6-11(10)12(13)8-9/h1,7-8H,3-6H2. The van der Waals surface area contributed by atoms with Crippen molar-refractivity contribution < 1.29 is 0 Å². The highest BCUT2D eigenvalue weighted by Gasteiger charge is 2.12. The van der Waals surface area contributed by atoms with Gasteiger partial charge in [-0.25, -0.2) is 0 Å². The van der Waals surface area contributed by atoms with E-state index in [2.05, 4.69) is 12.0 Å². The number of aryl methyl sites for hydroxylation is 1. The van der Waals surface area contributed by atoms with Crippen molar-refractivity contribution in [3.8, 4) is 12.3 Å². The Hall–Kier alpha value is -0.930. The first-order valence-corrected chi connectivity index (χ1v) is 4.97. The van der Waals surface area contributed by atoms with E-state index in [1.54, 1.807) is 0 Å². The first kappa shape index (κ1) is 8.66. The molecular weight excluding hydrogens is 180 g/mol. The highest BCUT2D eigenvalue weighted by molar-refractivity contribution is 6.31. The number of halogens is 1. The van der Waals surface area contributed by atoms with Crippen LogP contribution in [-0.2, 0) is 12.8 Å². The molecule has 0 spiro atoms. The molecule has 0 saturated heterocycles. The SMILES string of the molecule is C#Cc1cc(Cl)c2c(c1)CCCC2. The molecule has 0 radical (unpaired) electrons. The van der Waals surface area contributed by atoms with E-state index in [0.717, 1.165) is 23.4 Å². The summed E-state index contributed by atoms with van der Waals surface area (Å²) in [6.45, 7) is 0. The molecule has 0 fully saturated rings. The Bertz CT molecular complexity index is 371. The molecule has 1 heteroatoms. The van der Waals surface area contributed by atoms with E-state index < -0.39 is 0 Å². The van der Waals surface area contributed by atoms with Crippen molar-refractivity contribution in [2.75, 3.05) is 0 Å². The Morgan fingerprint density at radius 3 is 2.77 bits per heavy atom. The van der Waals surface area contributed by atoms with Gasteiger partial charge in [0, 0.05) is 10.6 Å². The number of hydrogen-bond acceptors (Lipinski definition) is 0. The second-order valence-corrected chi connectivity index (χ2v) is 3.85. The van der Waals surface area contributed by atoms with E-state index in [-0.39, 0.29) is 0 Å². The summed E-state index contributed by atoms with van der Waals surface area (Å²) < 4.78 is 0. The minimum atomic E-state index is 0.852. The quantitative estimate of drug-likeness (QED) is 0.552. The third-order valence-corrected chi connectivity index (χ3v) is 2.91. The Labute approximate surface area is 83.9 Å². The summed E-state index contributed by atoms with van der Waals surface area (Å²) in [6.07, 6.45) is 10.1. The maximum absolute atomic E-state index is 6.13. The van der Waals surface area contributed by atoms with Crippen LogP contribution in [0.5, 0.6) is 0 Å². The lowest BCUT2D eigenvalue weighted by atomic mass is 9.90. The molecule has 13 heavy (non-hydrogen) atoms. The number of rotatable bonds is 0. The molecule has 0 amide bonds. The lowest BCUT2D eigenvalue weighted by Crippen LogP contribution is -2.03. The van der Waals surface area contributed by atoms with E-state index >= 15 is 0 Å².